The number of hydrogen-bond donors (Lipinski definition) is 1. The van der Waals surface area contributed by atoms with Crippen LogP contribution in [0.15, 0.2) is 42.5 Å². The molecule has 2 aromatic carbocycles. The van der Waals surface area contributed by atoms with Crippen LogP contribution in [0.5, 0.6) is 11.5 Å². The number of fused-ring (bicyclic) bond motifs is 2. The minimum atomic E-state index is 0.108. The number of aryl methyl sites for hydroxylation is 2. The van der Waals surface area contributed by atoms with Crippen molar-refractivity contribution in [3.05, 3.63) is 59.2 Å². The summed E-state index contributed by atoms with van der Waals surface area (Å²) in [6, 6.07) is 14.5. The normalized spacial score (nSPS) is 18.3. The molecule has 0 aromatic heterocycles. The van der Waals surface area contributed by atoms with Crippen molar-refractivity contribution < 1.29 is 14.3 Å². The maximum absolute atomic E-state index is 12.4. The highest BCUT2D eigenvalue weighted by atomic mass is 16.6. The Labute approximate surface area is 148 Å². The van der Waals surface area contributed by atoms with Crippen molar-refractivity contribution in [1.82, 2.24) is 5.32 Å². The first-order valence-corrected chi connectivity index (χ1v) is 9.05. The number of nitrogens with one attached hydrogen (secondary N) is 1. The molecule has 1 unspecified atom stereocenters. The Bertz CT molecular complexity index is 771. The Kier molecular flexibility index (Phi) is 4.59. The molecule has 1 N–H and O–H groups in total. The lowest BCUT2D eigenvalue weighted by atomic mass is 9.87. The highest BCUT2D eigenvalue weighted by Gasteiger charge is 2.21. The minimum absolute atomic E-state index is 0.108. The summed E-state index contributed by atoms with van der Waals surface area (Å²) in [5.41, 5.74) is 3.75. The smallest absolute Gasteiger partial charge is 0.220 e. The Morgan fingerprint density at radius 2 is 1.92 bits per heavy atom. The van der Waals surface area contributed by atoms with Crippen molar-refractivity contribution >= 4 is 5.91 Å². The lowest BCUT2D eigenvalue weighted by Gasteiger charge is -2.26. The van der Waals surface area contributed by atoms with E-state index < -0.39 is 0 Å². The second-order valence-corrected chi connectivity index (χ2v) is 6.69. The van der Waals surface area contributed by atoms with Crippen LogP contribution in [-0.4, -0.2) is 19.1 Å². The molecule has 0 spiro atoms. The highest BCUT2D eigenvalue weighted by Crippen LogP contribution is 2.31. The number of rotatable bonds is 4. The summed E-state index contributed by atoms with van der Waals surface area (Å²) in [7, 11) is 0. The number of ether oxygens (including phenoxy) is 2. The molecular weight excluding hydrogens is 314 g/mol. The van der Waals surface area contributed by atoms with Gasteiger partial charge in [0.05, 0.1) is 6.04 Å². The quantitative estimate of drug-likeness (QED) is 0.927. The van der Waals surface area contributed by atoms with Gasteiger partial charge in [-0.15, -0.1) is 0 Å². The lowest BCUT2D eigenvalue weighted by molar-refractivity contribution is -0.121. The van der Waals surface area contributed by atoms with E-state index in [4.69, 9.17) is 9.47 Å². The van der Waals surface area contributed by atoms with Gasteiger partial charge in [0, 0.05) is 6.42 Å². The molecule has 25 heavy (non-hydrogen) atoms. The summed E-state index contributed by atoms with van der Waals surface area (Å²) in [6.07, 6.45) is 4.45. The lowest BCUT2D eigenvalue weighted by Crippen LogP contribution is -2.31. The van der Waals surface area contributed by atoms with Crippen molar-refractivity contribution in [2.45, 2.75) is 38.1 Å². The van der Waals surface area contributed by atoms with Crippen molar-refractivity contribution in [2.75, 3.05) is 13.2 Å². The molecule has 1 amide bonds. The molecule has 4 nitrogen and oxygen atoms in total. The summed E-state index contributed by atoms with van der Waals surface area (Å²) in [5, 5.41) is 3.21. The predicted octanol–water partition coefficient (Wildman–Crippen LogP) is 3.58. The fraction of sp³-hybridized carbons (Fsp3) is 0.381. The fourth-order valence-electron chi connectivity index (χ4n) is 3.67. The Hall–Kier alpha value is -2.49. The van der Waals surface area contributed by atoms with Crippen molar-refractivity contribution in [3.8, 4) is 11.5 Å². The van der Waals surface area contributed by atoms with Gasteiger partial charge in [-0.05, 0) is 54.5 Å². The van der Waals surface area contributed by atoms with Crippen molar-refractivity contribution in [2.24, 2.45) is 0 Å². The molecule has 1 aliphatic heterocycles. The van der Waals surface area contributed by atoms with Crippen LogP contribution in [-0.2, 0) is 17.6 Å². The molecule has 130 valence electrons. The van der Waals surface area contributed by atoms with Gasteiger partial charge in [0.15, 0.2) is 11.5 Å². The average molecular weight is 337 g/mol. The van der Waals surface area contributed by atoms with Gasteiger partial charge >= 0.3 is 0 Å². The molecule has 0 radical (unpaired) electrons. The Morgan fingerprint density at radius 1 is 1.08 bits per heavy atom. The Morgan fingerprint density at radius 3 is 2.84 bits per heavy atom. The van der Waals surface area contributed by atoms with Crippen molar-refractivity contribution in [1.29, 1.82) is 0 Å². The van der Waals surface area contributed by atoms with E-state index in [0.29, 0.717) is 26.1 Å². The van der Waals surface area contributed by atoms with Gasteiger partial charge in [-0.1, -0.05) is 30.3 Å². The van der Waals surface area contributed by atoms with Crippen LogP contribution in [0.25, 0.3) is 0 Å². The van der Waals surface area contributed by atoms with Gasteiger partial charge in [-0.3, -0.25) is 4.79 Å². The maximum Gasteiger partial charge on any atom is 0.220 e. The Balaban J connectivity index is 1.36. The molecule has 0 saturated heterocycles. The molecule has 4 rings (SSSR count). The first kappa shape index (κ1) is 16.0. The van der Waals surface area contributed by atoms with Crippen LogP contribution < -0.4 is 14.8 Å². The number of carbonyl (C=O) groups is 1. The van der Waals surface area contributed by atoms with Crippen LogP contribution in [0.1, 0.15) is 42.0 Å². The van der Waals surface area contributed by atoms with E-state index in [-0.39, 0.29) is 11.9 Å². The zero-order valence-corrected chi connectivity index (χ0v) is 14.3. The van der Waals surface area contributed by atoms with E-state index >= 15 is 0 Å². The highest BCUT2D eigenvalue weighted by molar-refractivity contribution is 5.76. The summed E-state index contributed by atoms with van der Waals surface area (Å²) < 4.78 is 11.1. The molecule has 2 aromatic rings. The monoisotopic (exact) mass is 337 g/mol. The molecule has 2 aliphatic rings. The number of hydrogen-bond acceptors (Lipinski definition) is 3. The largest absolute Gasteiger partial charge is 0.486 e. The van der Waals surface area contributed by atoms with E-state index in [1.54, 1.807) is 0 Å². The third-order valence-corrected chi connectivity index (χ3v) is 4.95. The maximum atomic E-state index is 12.4. The molecular formula is C21H23NO3. The van der Waals surface area contributed by atoms with Gasteiger partial charge in [0.25, 0.3) is 0 Å². The van der Waals surface area contributed by atoms with Gasteiger partial charge in [0.1, 0.15) is 13.2 Å². The van der Waals surface area contributed by atoms with Gasteiger partial charge in [-0.2, -0.15) is 0 Å². The molecule has 0 saturated carbocycles. The van der Waals surface area contributed by atoms with Crippen LogP contribution >= 0.6 is 0 Å². The van der Waals surface area contributed by atoms with Crippen molar-refractivity contribution in [3.63, 3.8) is 0 Å². The number of amides is 1. The van der Waals surface area contributed by atoms with E-state index in [2.05, 4.69) is 29.6 Å². The first-order valence-electron chi connectivity index (χ1n) is 9.05. The van der Waals surface area contributed by atoms with Crippen LogP contribution in [0.2, 0.25) is 0 Å². The van der Waals surface area contributed by atoms with E-state index in [1.165, 1.54) is 11.1 Å². The second-order valence-electron chi connectivity index (χ2n) is 6.69. The minimum Gasteiger partial charge on any atom is -0.486 e. The van der Waals surface area contributed by atoms with Crippen LogP contribution in [0.3, 0.4) is 0 Å². The van der Waals surface area contributed by atoms with Gasteiger partial charge in [-0.25, -0.2) is 0 Å². The van der Waals surface area contributed by atoms with Crippen LogP contribution in [0, 0.1) is 0 Å². The molecule has 1 atom stereocenters. The third-order valence-electron chi connectivity index (χ3n) is 4.95. The van der Waals surface area contributed by atoms with E-state index in [0.717, 1.165) is 36.3 Å². The molecule has 0 fully saturated rings. The summed E-state index contributed by atoms with van der Waals surface area (Å²) in [4.78, 5) is 12.4. The second kappa shape index (κ2) is 7.18. The summed E-state index contributed by atoms with van der Waals surface area (Å²) >= 11 is 0. The fourth-order valence-corrected chi connectivity index (χ4v) is 3.67. The standard InChI is InChI=1S/C21H23NO3/c23-21(22-18-7-3-5-16-4-1-2-6-17(16)18)11-9-15-8-10-19-20(14-15)25-13-12-24-19/h1-2,4,6,8,10,14,18H,3,5,7,9,11-13H2,(H,22,23). The number of carbonyl (C=O) groups excluding carboxylic acids is 1. The zero-order chi connectivity index (χ0) is 17.1. The molecule has 1 aliphatic carbocycles. The van der Waals surface area contributed by atoms with E-state index in [1.807, 2.05) is 18.2 Å². The predicted molar refractivity (Wildman–Crippen MR) is 96.0 cm³/mol. The number of benzene rings is 2. The summed E-state index contributed by atoms with van der Waals surface area (Å²) in [5.74, 6) is 1.68. The van der Waals surface area contributed by atoms with Crippen LogP contribution in [0.4, 0.5) is 0 Å². The zero-order valence-electron chi connectivity index (χ0n) is 14.3. The van der Waals surface area contributed by atoms with Gasteiger partial charge in [0.2, 0.25) is 5.91 Å². The topological polar surface area (TPSA) is 47.6 Å². The molecule has 1 heterocycles. The molecule has 0 bridgehead atoms. The SMILES string of the molecule is O=C(CCc1ccc2c(c1)OCCO2)NC1CCCc2ccccc21. The first-order chi connectivity index (χ1) is 12.3. The van der Waals surface area contributed by atoms with Gasteiger partial charge < -0.3 is 14.8 Å². The summed E-state index contributed by atoms with van der Waals surface area (Å²) in [6.45, 7) is 1.18. The third kappa shape index (κ3) is 3.63. The van der Waals surface area contributed by atoms with E-state index in [9.17, 15) is 4.79 Å². The molecule has 4 heteroatoms. The average Bonchev–Trinajstić information content (AvgIpc) is 2.66.